The maximum absolute atomic E-state index is 12.3. The molecule has 3 rings (SSSR count). The molecule has 0 spiro atoms. The molecular formula is C17H13N5O5. The van der Waals surface area contributed by atoms with Crippen LogP contribution in [0, 0.1) is 27.2 Å². The summed E-state index contributed by atoms with van der Waals surface area (Å²) in [6.07, 6.45) is 0. The van der Waals surface area contributed by atoms with Crippen LogP contribution < -0.4 is 5.32 Å². The zero-order valence-electron chi connectivity index (χ0n) is 14.0. The summed E-state index contributed by atoms with van der Waals surface area (Å²) in [7, 11) is 0. The number of non-ortho nitro benzene ring substituents is 1. The number of hydrogen-bond donors (Lipinski definition) is 2. The first-order chi connectivity index (χ1) is 12.8. The zero-order chi connectivity index (χ0) is 19.6. The summed E-state index contributed by atoms with van der Waals surface area (Å²) >= 11 is 0. The summed E-state index contributed by atoms with van der Waals surface area (Å²) in [5.41, 5.74) is 1.35. The van der Waals surface area contributed by atoms with Crippen LogP contribution in [0.15, 0.2) is 48.5 Å². The van der Waals surface area contributed by atoms with Gasteiger partial charge in [-0.25, -0.2) is 0 Å². The summed E-state index contributed by atoms with van der Waals surface area (Å²) in [5.74, 6) is -0.375. The minimum Gasteiger partial charge on any atom is -0.305 e. The Hall–Kier alpha value is -4.08. The molecule has 0 aliphatic carbocycles. The van der Waals surface area contributed by atoms with Gasteiger partial charge in [-0.3, -0.25) is 30.1 Å². The lowest BCUT2D eigenvalue weighted by Gasteiger charge is -2.03. The molecule has 1 amide bonds. The fraction of sp³-hybridized carbons (Fsp3) is 0.0588. The lowest BCUT2D eigenvalue weighted by molar-refractivity contribution is -0.385. The number of rotatable bonds is 5. The van der Waals surface area contributed by atoms with Crippen molar-refractivity contribution in [3.63, 3.8) is 0 Å². The van der Waals surface area contributed by atoms with Crippen molar-refractivity contribution in [2.45, 2.75) is 6.92 Å². The van der Waals surface area contributed by atoms with Crippen molar-refractivity contribution < 1.29 is 14.6 Å². The van der Waals surface area contributed by atoms with Crippen molar-refractivity contribution in [3.05, 3.63) is 79.9 Å². The van der Waals surface area contributed by atoms with Gasteiger partial charge in [0.2, 0.25) is 0 Å². The van der Waals surface area contributed by atoms with E-state index < -0.39 is 15.8 Å². The van der Waals surface area contributed by atoms with E-state index >= 15 is 0 Å². The Morgan fingerprint density at radius 2 is 1.85 bits per heavy atom. The Balaban J connectivity index is 1.81. The van der Waals surface area contributed by atoms with Crippen LogP contribution in [0.4, 0.5) is 17.2 Å². The first-order valence-electron chi connectivity index (χ1n) is 7.72. The average molecular weight is 367 g/mol. The Morgan fingerprint density at radius 1 is 1.07 bits per heavy atom. The molecule has 0 unspecified atom stereocenters. The van der Waals surface area contributed by atoms with Crippen LogP contribution in [0.3, 0.4) is 0 Å². The Morgan fingerprint density at radius 3 is 2.56 bits per heavy atom. The van der Waals surface area contributed by atoms with E-state index in [2.05, 4.69) is 15.5 Å². The van der Waals surface area contributed by atoms with E-state index in [4.69, 9.17) is 0 Å². The second-order valence-corrected chi connectivity index (χ2v) is 5.69. The van der Waals surface area contributed by atoms with Crippen molar-refractivity contribution >= 4 is 23.1 Å². The van der Waals surface area contributed by atoms with Crippen LogP contribution in [0.25, 0.3) is 11.3 Å². The van der Waals surface area contributed by atoms with Gasteiger partial charge in [-0.05, 0) is 13.0 Å². The van der Waals surface area contributed by atoms with E-state index in [9.17, 15) is 25.0 Å². The monoisotopic (exact) mass is 367 g/mol. The third-order valence-corrected chi connectivity index (χ3v) is 3.86. The van der Waals surface area contributed by atoms with Gasteiger partial charge >= 0.3 is 0 Å². The number of aromatic nitrogens is 2. The smallest absolute Gasteiger partial charge is 0.273 e. The van der Waals surface area contributed by atoms with Gasteiger partial charge in [0.15, 0.2) is 5.82 Å². The topological polar surface area (TPSA) is 144 Å². The van der Waals surface area contributed by atoms with Crippen LogP contribution in [-0.2, 0) is 0 Å². The number of nitrogens with one attached hydrogen (secondary N) is 2. The van der Waals surface area contributed by atoms with Gasteiger partial charge in [0.1, 0.15) is 0 Å². The van der Waals surface area contributed by atoms with Crippen LogP contribution in [0.1, 0.15) is 15.9 Å². The first-order valence-corrected chi connectivity index (χ1v) is 7.72. The van der Waals surface area contributed by atoms with Crippen LogP contribution in [0.2, 0.25) is 0 Å². The van der Waals surface area contributed by atoms with Gasteiger partial charge < -0.3 is 5.32 Å². The molecule has 0 saturated heterocycles. The van der Waals surface area contributed by atoms with Crippen LogP contribution in [0.5, 0.6) is 0 Å². The molecule has 136 valence electrons. The molecule has 0 aliphatic rings. The Labute approximate surface area is 152 Å². The molecule has 0 atom stereocenters. The van der Waals surface area contributed by atoms with Gasteiger partial charge in [-0.15, -0.1) is 0 Å². The van der Waals surface area contributed by atoms with Crippen LogP contribution in [-0.4, -0.2) is 26.0 Å². The number of aryl methyl sites for hydroxylation is 1. The first kappa shape index (κ1) is 17.7. The third kappa shape index (κ3) is 3.79. The molecule has 1 aromatic heterocycles. The molecule has 2 aromatic carbocycles. The number of nitrogens with zero attached hydrogens (tertiary/aromatic N) is 3. The maximum atomic E-state index is 12.3. The quantitative estimate of drug-likeness (QED) is 0.522. The summed E-state index contributed by atoms with van der Waals surface area (Å²) in [4.78, 5) is 33.1. The maximum Gasteiger partial charge on any atom is 0.273 e. The average Bonchev–Trinajstić information content (AvgIpc) is 3.10. The summed E-state index contributed by atoms with van der Waals surface area (Å²) in [5, 5.41) is 31.0. The molecule has 0 bridgehead atoms. The largest absolute Gasteiger partial charge is 0.305 e. The molecular weight excluding hydrogens is 354 g/mol. The number of carbonyl (C=O) groups excluding carboxylic acids is 1. The standard InChI is InChI=1S/C17H13N5O5/c1-10-5-6-12(8-15(10)22(26)27)17(23)18-16-9-14(19-20-16)11-3-2-4-13(7-11)21(24)25/h2-9H,1H3,(H2,18,19,20,23). The molecule has 0 aliphatic heterocycles. The molecule has 27 heavy (non-hydrogen) atoms. The molecule has 10 nitrogen and oxygen atoms in total. The van der Waals surface area contributed by atoms with Gasteiger partial charge in [-0.1, -0.05) is 18.2 Å². The van der Waals surface area contributed by atoms with Gasteiger partial charge in [-0.2, -0.15) is 5.10 Å². The van der Waals surface area contributed by atoms with E-state index in [1.54, 1.807) is 13.0 Å². The third-order valence-electron chi connectivity index (χ3n) is 3.86. The zero-order valence-corrected chi connectivity index (χ0v) is 14.0. The van der Waals surface area contributed by atoms with Gasteiger partial charge in [0, 0.05) is 41.0 Å². The molecule has 0 radical (unpaired) electrons. The van der Waals surface area contributed by atoms with E-state index in [1.165, 1.54) is 42.5 Å². The summed E-state index contributed by atoms with van der Waals surface area (Å²) in [6, 6.07) is 11.6. The number of anilines is 1. The number of H-pyrrole nitrogens is 1. The number of nitro benzene ring substituents is 2. The van der Waals surface area contributed by atoms with Crippen LogP contribution >= 0.6 is 0 Å². The second-order valence-electron chi connectivity index (χ2n) is 5.69. The fourth-order valence-electron chi connectivity index (χ4n) is 2.46. The SMILES string of the molecule is Cc1ccc(C(=O)Nc2cc(-c3cccc([N+](=O)[O-])c3)[nH]n2)cc1[N+](=O)[O-]. The van der Waals surface area contributed by atoms with Crippen molar-refractivity contribution in [3.8, 4) is 11.3 Å². The highest BCUT2D eigenvalue weighted by molar-refractivity contribution is 6.04. The molecule has 2 N–H and O–H groups in total. The number of benzene rings is 2. The minimum atomic E-state index is -0.560. The highest BCUT2D eigenvalue weighted by Gasteiger charge is 2.16. The summed E-state index contributed by atoms with van der Waals surface area (Å²) in [6.45, 7) is 1.58. The lowest BCUT2D eigenvalue weighted by atomic mass is 10.1. The predicted molar refractivity (Wildman–Crippen MR) is 96.5 cm³/mol. The number of carbonyl (C=O) groups is 1. The minimum absolute atomic E-state index is 0.0698. The van der Waals surface area contributed by atoms with Gasteiger partial charge in [0.25, 0.3) is 17.3 Å². The molecule has 0 fully saturated rings. The molecule has 3 aromatic rings. The van der Waals surface area contributed by atoms with E-state index in [0.717, 1.165) is 0 Å². The van der Waals surface area contributed by atoms with Crippen molar-refractivity contribution in [1.29, 1.82) is 0 Å². The normalized spacial score (nSPS) is 10.4. The fourth-order valence-corrected chi connectivity index (χ4v) is 2.46. The van der Waals surface area contributed by atoms with E-state index in [1.807, 2.05) is 0 Å². The van der Waals surface area contributed by atoms with Crippen molar-refractivity contribution in [2.75, 3.05) is 5.32 Å². The van der Waals surface area contributed by atoms with Crippen molar-refractivity contribution in [1.82, 2.24) is 10.2 Å². The Kier molecular flexibility index (Phi) is 4.62. The van der Waals surface area contributed by atoms with Crippen molar-refractivity contribution in [2.24, 2.45) is 0 Å². The number of hydrogen-bond acceptors (Lipinski definition) is 6. The Bertz CT molecular complexity index is 1060. The highest BCUT2D eigenvalue weighted by atomic mass is 16.6. The number of aromatic amines is 1. The molecule has 0 saturated carbocycles. The van der Waals surface area contributed by atoms with E-state index in [0.29, 0.717) is 16.8 Å². The number of amides is 1. The second kappa shape index (κ2) is 7.04. The molecule has 10 heteroatoms. The van der Waals surface area contributed by atoms with E-state index in [-0.39, 0.29) is 22.8 Å². The molecule has 1 heterocycles. The number of nitro groups is 2. The lowest BCUT2D eigenvalue weighted by Crippen LogP contribution is -2.12. The predicted octanol–water partition coefficient (Wildman–Crippen LogP) is 3.45. The summed E-state index contributed by atoms with van der Waals surface area (Å²) < 4.78 is 0. The highest BCUT2D eigenvalue weighted by Crippen LogP contribution is 2.24. The van der Waals surface area contributed by atoms with Gasteiger partial charge in [0.05, 0.1) is 15.5 Å².